The summed E-state index contributed by atoms with van der Waals surface area (Å²) in [5, 5.41) is 5.16. The first kappa shape index (κ1) is 18.6. The van der Waals surface area contributed by atoms with Gasteiger partial charge >= 0.3 is 12.2 Å². The molecule has 0 spiro atoms. The Morgan fingerprint density at radius 2 is 1.65 bits per heavy atom. The molecule has 1 atom stereocenters. The zero-order valence-corrected chi connectivity index (χ0v) is 12.6. The van der Waals surface area contributed by atoms with Crippen LogP contribution in [-0.2, 0) is 14.2 Å². The molecular weight excluding hydrogens is 262 g/mol. The van der Waals surface area contributed by atoms with E-state index >= 15 is 0 Å². The summed E-state index contributed by atoms with van der Waals surface area (Å²) < 4.78 is 15.3. The number of nitrogens with one attached hydrogen (secondary N) is 2. The molecule has 0 aliphatic heterocycles. The van der Waals surface area contributed by atoms with Gasteiger partial charge in [-0.3, -0.25) is 0 Å². The summed E-state index contributed by atoms with van der Waals surface area (Å²) in [6.07, 6.45) is -0.0200. The Bertz CT molecular complexity index is 282. The van der Waals surface area contributed by atoms with Gasteiger partial charge < -0.3 is 24.8 Å². The van der Waals surface area contributed by atoms with Gasteiger partial charge in [-0.25, -0.2) is 9.59 Å². The average molecular weight is 286 g/mol. The largest absolute Gasteiger partial charge is 0.446 e. The minimum atomic E-state index is -0.612. The second-order valence-corrected chi connectivity index (χ2v) is 4.14. The summed E-state index contributed by atoms with van der Waals surface area (Å²) in [7, 11) is 3.89. The van der Waals surface area contributed by atoms with Crippen molar-refractivity contribution in [2.24, 2.45) is 0 Å². The van der Waals surface area contributed by atoms with Crippen LogP contribution in [0.15, 0.2) is 0 Å². The zero-order valence-electron chi connectivity index (χ0n) is 12.6. The van der Waals surface area contributed by atoms with E-state index in [9.17, 15) is 9.59 Å². The fourth-order valence-electron chi connectivity index (χ4n) is 1.23. The summed E-state index contributed by atoms with van der Waals surface area (Å²) in [5.41, 5.74) is 0. The summed E-state index contributed by atoms with van der Waals surface area (Å²) >= 11 is 0. The fraction of sp³-hybridized carbons (Fsp3) is 0.818. The first-order valence-corrected chi connectivity index (χ1v) is 7.06. The van der Waals surface area contributed by atoms with Gasteiger partial charge in [0.15, 0.2) is 6.10 Å². The van der Waals surface area contributed by atoms with Crippen LogP contribution in [0.2, 0.25) is 12.6 Å². The lowest BCUT2D eigenvalue weighted by atomic mass is 10.1. The predicted octanol–water partition coefficient (Wildman–Crippen LogP) is -1.05. The molecule has 0 saturated carbocycles. The van der Waals surface area contributed by atoms with Crippen molar-refractivity contribution in [3.8, 4) is 0 Å². The molecule has 0 saturated heterocycles. The number of rotatable bonds is 10. The molecule has 20 heavy (non-hydrogen) atoms. The van der Waals surface area contributed by atoms with Crippen LogP contribution in [0.4, 0.5) is 9.59 Å². The van der Waals surface area contributed by atoms with Crippen LogP contribution in [0, 0.1) is 0 Å². The van der Waals surface area contributed by atoms with Crippen LogP contribution in [0.3, 0.4) is 0 Å². The predicted molar refractivity (Wildman–Crippen MR) is 80.8 cm³/mol. The number of hydrogen-bond donors (Lipinski definition) is 2. The van der Waals surface area contributed by atoms with Crippen molar-refractivity contribution in [3.63, 3.8) is 0 Å². The maximum absolute atomic E-state index is 11.4. The summed E-state index contributed by atoms with van der Waals surface area (Å²) in [4.78, 5) is 22.8. The number of carbonyl (C=O) groups is 2. The first-order chi connectivity index (χ1) is 9.63. The zero-order chi connectivity index (χ0) is 15.2. The summed E-state index contributed by atoms with van der Waals surface area (Å²) in [5.74, 6) is 0. The van der Waals surface area contributed by atoms with E-state index in [0.29, 0.717) is 19.7 Å². The molecule has 2 amide bonds. The Balaban J connectivity index is 4.06. The summed E-state index contributed by atoms with van der Waals surface area (Å²) in [6, 6.07) is 0. The normalized spacial score (nSPS) is 11.4. The Morgan fingerprint density at radius 1 is 1.05 bits per heavy atom. The molecule has 0 aliphatic rings. The lowest BCUT2D eigenvalue weighted by Crippen LogP contribution is -2.36. The highest BCUT2D eigenvalue weighted by Crippen LogP contribution is 1.97. The van der Waals surface area contributed by atoms with Crippen molar-refractivity contribution >= 4 is 27.9 Å². The van der Waals surface area contributed by atoms with Crippen LogP contribution in [0.1, 0.15) is 6.92 Å². The fourth-order valence-corrected chi connectivity index (χ4v) is 1.23. The Hall–Kier alpha value is -1.37. The van der Waals surface area contributed by atoms with Gasteiger partial charge in [-0.05, 0) is 6.92 Å². The van der Waals surface area contributed by atoms with Crippen molar-refractivity contribution in [2.75, 3.05) is 32.9 Å². The van der Waals surface area contributed by atoms with Crippen molar-refractivity contribution in [1.82, 2.24) is 10.6 Å². The van der Waals surface area contributed by atoms with E-state index in [1.54, 1.807) is 0 Å². The molecule has 0 rings (SSSR count). The van der Waals surface area contributed by atoms with E-state index in [1.165, 1.54) is 0 Å². The third-order valence-corrected chi connectivity index (χ3v) is 2.22. The molecule has 0 aromatic heterocycles. The second kappa shape index (κ2) is 12.7. The maximum atomic E-state index is 11.4. The molecule has 2 N–H and O–H groups in total. The van der Waals surface area contributed by atoms with E-state index in [-0.39, 0.29) is 13.2 Å². The summed E-state index contributed by atoms with van der Waals surface area (Å²) in [6.45, 7) is 3.58. The molecule has 114 valence electrons. The molecule has 0 bridgehead atoms. The topological polar surface area (TPSA) is 85.9 Å². The van der Waals surface area contributed by atoms with Gasteiger partial charge in [0.05, 0.1) is 6.61 Å². The van der Waals surface area contributed by atoms with Gasteiger partial charge in [-0.15, -0.1) is 0 Å². The molecule has 0 fully saturated rings. The standard InChI is InChI=1S/C11H24B2N2O5/c1-2-18-7-9(20-11(17)15-6-4-13)8-19-10(16)14-5-3-12/h9H,2-8,12-13H2,1H3,(H,14,16)(H,15,17). The number of amides is 2. The third kappa shape index (κ3) is 10.5. The number of alkyl carbamates (subject to hydrolysis) is 2. The van der Waals surface area contributed by atoms with Crippen molar-refractivity contribution in [1.29, 1.82) is 0 Å². The lowest BCUT2D eigenvalue weighted by Gasteiger charge is -2.18. The molecule has 0 aromatic rings. The van der Waals surface area contributed by atoms with Crippen molar-refractivity contribution in [2.45, 2.75) is 25.7 Å². The third-order valence-electron chi connectivity index (χ3n) is 2.22. The number of ether oxygens (including phenoxy) is 3. The Labute approximate surface area is 121 Å². The number of hydrogen-bond acceptors (Lipinski definition) is 5. The minimum Gasteiger partial charge on any atom is -0.446 e. The van der Waals surface area contributed by atoms with Gasteiger partial charge in [0.25, 0.3) is 0 Å². The van der Waals surface area contributed by atoms with Gasteiger partial charge in [0.1, 0.15) is 22.3 Å². The van der Waals surface area contributed by atoms with Crippen LogP contribution in [-0.4, -0.2) is 66.9 Å². The van der Waals surface area contributed by atoms with Crippen LogP contribution < -0.4 is 10.6 Å². The van der Waals surface area contributed by atoms with E-state index in [0.717, 1.165) is 12.6 Å². The smallest absolute Gasteiger partial charge is 0.407 e. The van der Waals surface area contributed by atoms with Crippen LogP contribution in [0.5, 0.6) is 0 Å². The lowest BCUT2D eigenvalue weighted by molar-refractivity contribution is -0.00861. The van der Waals surface area contributed by atoms with Gasteiger partial charge in [-0.1, -0.05) is 12.6 Å². The van der Waals surface area contributed by atoms with E-state index in [4.69, 9.17) is 14.2 Å². The minimum absolute atomic E-state index is 0.0326. The van der Waals surface area contributed by atoms with E-state index < -0.39 is 18.3 Å². The Morgan fingerprint density at radius 3 is 2.20 bits per heavy atom. The van der Waals surface area contributed by atoms with Gasteiger partial charge in [0, 0.05) is 19.7 Å². The highest BCUT2D eigenvalue weighted by atomic mass is 16.6. The molecule has 1 unspecified atom stereocenters. The molecule has 9 heteroatoms. The maximum Gasteiger partial charge on any atom is 0.407 e. The highest BCUT2D eigenvalue weighted by Gasteiger charge is 2.16. The Kier molecular flexibility index (Phi) is 11.8. The molecule has 7 nitrogen and oxygen atoms in total. The van der Waals surface area contributed by atoms with Gasteiger partial charge in [0.2, 0.25) is 0 Å². The average Bonchev–Trinajstić information content (AvgIpc) is 2.45. The van der Waals surface area contributed by atoms with Gasteiger partial charge in [-0.2, -0.15) is 0 Å². The quantitative estimate of drug-likeness (QED) is 0.500. The highest BCUT2D eigenvalue weighted by molar-refractivity contribution is 6.08. The molecule has 0 heterocycles. The van der Waals surface area contributed by atoms with Crippen LogP contribution in [0.25, 0.3) is 0 Å². The SMILES string of the molecule is BCCNC(=O)OCC(COCC)OC(=O)NCCB. The molecule has 0 aliphatic carbocycles. The number of carbonyl (C=O) groups excluding carboxylic acids is 2. The van der Waals surface area contributed by atoms with Crippen molar-refractivity contribution < 1.29 is 23.8 Å². The first-order valence-electron chi connectivity index (χ1n) is 7.06. The molecule has 0 aromatic carbocycles. The monoisotopic (exact) mass is 286 g/mol. The van der Waals surface area contributed by atoms with E-state index in [2.05, 4.69) is 10.6 Å². The molecule has 0 radical (unpaired) electrons. The molecular formula is C11H24B2N2O5. The van der Waals surface area contributed by atoms with E-state index in [1.807, 2.05) is 22.6 Å². The van der Waals surface area contributed by atoms with Crippen molar-refractivity contribution in [3.05, 3.63) is 0 Å². The second-order valence-electron chi connectivity index (χ2n) is 4.14. The van der Waals surface area contributed by atoms with Crippen LogP contribution >= 0.6 is 0 Å².